The minimum absolute atomic E-state index is 0.00892. The van der Waals surface area contributed by atoms with Crippen molar-refractivity contribution < 1.29 is 14.3 Å². The van der Waals surface area contributed by atoms with Gasteiger partial charge in [-0.05, 0) is 12.8 Å². The second-order valence-electron chi connectivity index (χ2n) is 4.19. The van der Waals surface area contributed by atoms with Gasteiger partial charge in [-0.1, -0.05) is 0 Å². The van der Waals surface area contributed by atoms with Gasteiger partial charge < -0.3 is 20.7 Å². The van der Waals surface area contributed by atoms with E-state index < -0.39 is 0 Å². The second kappa shape index (κ2) is 7.24. The van der Waals surface area contributed by atoms with Gasteiger partial charge in [0.15, 0.2) is 0 Å². The molecular weight excluding hydrogens is 222 g/mol. The molecule has 1 fully saturated rings. The summed E-state index contributed by atoms with van der Waals surface area (Å²) in [7, 11) is 1.49. The Bertz CT molecular complexity index is 271. The third-order valence-electron chi connectivity index (χ3n) is 2.86. The number of amides is 2. The summed E-state index contributed by atoms with van der Waals surface area (Å²) in [4.78, 5) is 25.1. The van der Waals surface area contributed by atoms with Crippen LogP contribution in [0.3, 0.4) is 0 Å². The van der Waals surface area contributed by atoms with Crippen molar-refractivity contribution in [3.05, 3.63) is 0 Å². The summed E-state index contributed by atoms with van der Waals surface area (Å²) < 4.78 is 4.81. The van der Waals surface area contributed by atoms with Crippen molar-refractivity contribution in [3.8, 4) is 0 Å². The minimum Gasteiger partial charge on any atom is -0.375 e. The largest absolute Gasteiger partial charge is 0.375 e. The number of rotatable bonds is 5. The number of nitrogens with one attached hydrogen (secondary N) is 1. The van der Waals surface area contributed by atoms with Crippen LogP contribution in [0.2, 0.25) is 0 Å². The van der Waals surface area contributed by atoms with Crippen LogP contribution in [0.1, 0.15) is 12.8 Å². The maximum absolute atomic E-state index is 11.7. The predicted octanol–water partition coefficient (Wildman–Crippen LogP) is -1.05. The van der Waals surface area contributed by atoms with E-state index in [1.54, 1.807) is 4.90 Å². The number of methoxy groups -OCH3 is 1. The summed E-state index contributed by atoms with van der Waals surface area (Å²) in [6, 6.07) is 0. The second-order valence-corrected chi connectivity index (χ2v) is 4.19. The van der Waals surface area contributed by atoms with Crippen molar-refractivity contribution in [3.63, 3.8) is 0 Å². The molecule has 1 atom stereocenters. The van der Waals surface area contributed by atoms with E-state index in [1.165, 1.54) is 7.11 Å². The quantitative estimate of drug-likeness (QED) is 0.645. The van der Waals surface area contributed by atoms with Crippen molar-refractivity contribution in [1.29, 1.82) is 0 Å². The molecule has 0 saturated carbocycles. The fourth-order valence-corrected chi connectivity index (χ4v) is 1.97. The number of piperidine rings is 1. The van der Waals surface area contributed by atoms with E-state index in [0.717, 1.165) is 12.8 Å². The van der Waals surface area contributed by atoms with Crippen LogP contribution < -0.4 is 11.1 Å². The lowest BCUT2D eigenvalue weighted by Crippen LogP contribution is -2.47. The molecule has 1 aliphatic heterocycles. The van der Waals surface area contributed by atoms with Crippen LogP contribution in [0.25, 0.3) is 0 Å². The monoisotopic (exact) mass is 243 g/mol. The lowest BCUT2D eigenvalue weighted by atomic mass is 9.97. The fraction of sp³-hybridized carbons (Fsp3) is 0.818. The van der Waals surface area contributed by atoms with Crippen LogP contribution in [0.15, 0.2) is 0 Å². The molecule has 0 aromatic rings. The lowest BCUT2D eigenvalue weighted by Gasteiger charge is -2.31. The Morgan fingerprint density at radius 1 is 1.53 bits per heavy atom. The minimum atomic E-state index is -0.115. The molecule has 0 radical (unpaired) electrons. The molecule has 1 aliphatic rings. The van der Waals surface area contributed by atoms with Crippen LogP contribution in [-0.2, 0) is 14.3 Å². The van der Waals surface area contributed by atoms with E-state index in [1.807, 2.05) is 0 Å². The SMILES string of the molecule is COCC(=O)N1CCCC(C(=O)NCCN)C1. The maximum Gasteiger partial charge on any atom is 0.248 e. The average molecular weight is 243 g/mol. The third kappa shape index (κ3) is 4.32. The van der Waals surface area contributed by atoms with Gasteiger partial charge in [-0.3, -0.25) is 9.59 Å². The highest BCUT2D eigenvalue weighted by Gasteiger charge is 2.27. The fourth-order valence-electron chi connectivity index (χ4n) is 1.97. The molecule has 98 valence electrons. The Morgan fingerprint density at radius 3 is 2.94 bits per heavy atom. The molecule has 2 amide bonds. The molecule has 0 aromatic carbocycles. The Hall–Kier alpha value is -1.14. The van der Waals surface area contributed by atoms with Crippen molar-refractivity contribution in [2.45, 2.75) is 12.8 Å². The van der Waals surface area contributed by atoms with Crippen molar-refractivity contribution in [2.75, 3.05) is 39.9 Å². The first-order chi connectivity index (χ1) is 8.19. The van der Waals surface area contributed by atoms with E-state index in [4.69, 9.17) is 10.5 Å². The summed E-state index contributed by atoms with van der Waals surface area (Å²) in [5, 5.41) is 2.76. The van der Waals surface area contributed by atoms with Gasteiger partial charge in [-0.2, -0.15) is 0 Å². The molecule has 3 N–H and O–H groups in total. The van der Waals surface area contributed by atoms with Crippen LogP contribution in [-0.4, -0.2) is 56.6 Å². The summed E-state index contributed by atoms with van der Waals surface area (Å²) in [6.07, 6.45) is 1.68. The summed E-state index contributed by atoms with van der Waals surface area (Å²) in [5.74, 6) is -0.176. The van der Waals surface area contributed by atoms with Gasteiger partial charge in [0.1, 0.15) is 6.61 Å². The molecule has 0 aromatic heterocycles. The maximum atomic E-state index is 11.7. The van der Waals surface area contributed by atoms with Crippen molar-refractivity contribution in [2.24, 2.45) is 11.7 Å². The van der Waals surface area contributed by atoms with Crippen LogP contribution in [0.5, 0.6) is 0 Å². The standard InChI is InChI=1S/C11H21N3O3/c1-17-8-10(15)14-6-2-3-9(7-14)11(16)13-5-4-12/h9H,2-8,12H2,1H3,(H,13,16). The number of ether oxygens (including phenoxy) is 1. The molecule has 6 heteroatoms. The Kier molecular flexibility index (Phi) is 5.93. The topological polar surface area (TPSA) is 84.7 Å². The van der Waals surface area contributed by atoms with E-state index in [0.29, 0.717) is 26.2 Å². The highest BCUT2D eigenvalue weighted by Crippen LogP contribution is 2.16. The van der Waals surface area contributed by atoms with Crippen LogP contribution in [0, 0.1) is 5.92 Å². The van der Waals surface area contributed by atoms with Crippen LogP contribution in [0.4, 0.5) is 0 Å². The smallest absolute Gasteiger partial charge is 0.248 e. The highest BCUT2D eigenvalue weighted by molar-refractivity contribution is 5.81. The van der Waals surface area contributed by atoms with Crippen LogP contribution >= 0.6 is 0 Å². The number of likely N-dealkylation sites (tertiary alicyclic amines) is 1. The number of carbonyl (C=O) groups excluding carboxylic acids is 2. The van der Waals surface area contributed by atoms with E-state index in [2.05, 4.69) is 5.32 Å². The molecule has 1 heterocycles. The van der Waals surface area contributed by atoms with Gasteiger partial charge in [0.25, 0.3) is 0 Å². The number of nitrogens with two attached hydrogens (primary N) is 1. The number of carbonyl (C=O) groups is 2. The van der Waals surface area contributed by atoms with Gasteiger partial charge in [-0.25, -0.2) is 0 Å². The van der Waals surface area contributed by atoms with Gasteiger partial charge in [0.05, 0.1) is 5.92 Å². The Morgan fingerprint density at radius 2 is 2.29 bits per heavy atom. The molecule has 1 saturated heterocycles. The molecule has 17 heavy (non-hydrogen) atoms. The van der Waals surface area contributed by atoms with E-state index >= 15 is 0 Å². The van der Waals surface area contributed by atoms with E-state index in [-0.39, 0.29) is 24.3 Å². The van der Waals surface area contributed by atoms with Gasteiger partial charge in [0, 0.05) is 33.3 Å². The zero-order chi connectivity index (χ0) is 12.7. The third-order valence-corrected chi connectivity index (χ3v) is 2.86. The highest BCUT2D eigenvalue weighted by atomic mass is 16.5. The number of nitrogens with zero attached hydrogens (tertiary/aromatic N) is 1. The predicted molar refractivity (Wildman–Crippen MR) is 63.2 cm³/mol. The first-order valence-electron chi connectivity index (χ1n) is 5.93. The van der Waals surface area contributed by atoms with E-state index in [9.17, 15) is 9.59 Å². The molecule has 0 aliphatic carbocycles. The molecule has 0 spiro atoms. The molecule has 1 rings (SSSR count). The first kappa shape index (κ1) is 13.9. The molecule has 1 unspecified atom stereocenters. The molecular formula is C11H21N3O3. The lowest BCUT2D eigenvalue weighted by molar-refractivity contribution is -0.138. The van der Waals surface area contributed by atoms with Gasteiger partial charge in [-0.15, -0.1) is 0 Å². The zero-order valence-electron chi connectivity index (χ0n) is 10.3. The van der Waals surface area contributed by atoms with Crippen molar-refractivity contribution in [1.82, 2.24) is 10.2 Å². The summed E-state index contributed by atoms with van der Waals surface area (Å²) in [6.45, 7) is 2.20. The van der Waals surface area contributed by atoms with Gasteiger partial charge >= 0.3 is 0 Å². The summed E-state index contributed by atoms with van der Waals surface area (Å²) in [5.41, 5.74) is 5.33. The zero-order valence-corrected chi connectivity index (χ0v) is 10.3. The number of hydrogen-bond acceptors (Lipinski definition) is 4. The normalized spacial score (nSPS) is 20.1. The molecule has 0 bridgehead atoms. The Balaban J connectivity index is 2.42. The molecule has 6 nitrogen and oxygen atoms in total. The number of hydrogen-bond donors (Lipinski definition) is 2. The Labute approximate surface area is 101 Å². The summed E-state index contributed by atoms with van der Waals surface area (Å²) >= 11 is 0. The average Bonchev–Trinajstić information content (AvgIpc) is 2.36. The van der Waals surface area contributed by atoms with Crippen molar-refractivity contribution >= 4 is 11.8 Å². The van der Waals surface area contributed by atoms with Gasteiger partial charge in [0.2, 0.25) is 11.8 Å². The first-order valence-corrected chi connectivity index (χ1v) is 5.93.